The summed E-state index contributed by atoms with van der Waals surface area (Å²) in [4.78, 5) is 43.5. The molecule has 0 bridgehead atoms. The molecule has 2 heterocycles. The van der Waals surface area contributed by atoms with Crippen LogP contribution in [0, 0.1) is 5.92 Å². The van der Waals surface area contributed by atoms with Crippen molar-refractivity contribution in [2.45, 2.75) is 95.4 Å². The summed E-state index contributed by atoms with van der Waals surface area (Å²) in [5.41, 5.74) is 0.907. The molecule has 38 heavy (non-hydrogen) atoms. The lowest BCUT2D eigenvalue weighted by atomic mass is 9.78. The van der Waals surface area contributed by atoms with E-state index in [9.17, 15) is 19.5 Å². The average Bonchev–Trinajstić information content (AvgIpc) is 2.94. The van der Waals surface area contributed by atoms with Gasteiger partial charge in [-0.3, -0.25) is 19.3 Å². The molecular formula is C29H45ClN4O4. The third-order valence-electron chi connectivity index (χ3n) is 8.75. The van der Waals surface area contributed by atoms with Crippen LogP contribution in [0.15, 0.2) is 24.3 Å². The number of nitrogens with zero attached hydrogens (tertiary/aromatic N) is 2. The van der Waals surface area contributed by atoms with E-state index in [-0.39, 0.29) is 36.0 Å². The first-order valence-corrected chi connectivity index (χ1v) is 14.2. The number of unbranched alkanes of at least 4 members (excludes halogenated alkanes) is 2. The van der Waals surface area contributed by atoms with Gasteiger partial charge >= 0.3 is 0 Å². The highest BCUT2D eigenvalue weighted by molar-refractivity contribution is 6.00. The first kappa shape index (κ1) is 30.4. The Bertz CT molecular complexity index is 942. The predicted molar refractivity (Wildman–Crippen MR) is 150 cm³/mol. The van der Waals surface area contributed by atoms with E-state index >= 15 is 0 Å². The second kappa shape index (κ2) is 13.8. The number of aliphatic hydroxyl groups excluding tert-OH is 1. The molecule has 3 fully saturated rings. The van der Waals surface area contributed by atoms with Crippen molar-refractivity contribution in [3.8, 4) is 0 Å². The third kappa shape index (κ3) is 6.52. The van der Waals surface area contributed by atoms with Gasteiger partial charge in [0.25, 0.3) is 5.91 Å². The van der Waals surface area contributed by atoms with Crippen LogP contribution in [0.2, 0.25) is 0 Å². The molecule has 2 saturated heterocycles. The number of hydrogen-bond donors (Lipinski definition) is 3. The fourth-order valence-corrected chi connectivity index (χ4v) is 6.40. The van der Waals surface area contributed by atoms with Crippen LogP contribution >= 0.6 is 12.4 Å². The van der Waals surface area contributed by atoms with Gasteiger partial charge in [0.05, 0.1) is 6.10 Å². The van der Waals surface area contributed by atoms with Crippen LogP contribution in [0.25, 0.3) is 0 Å². The van der Waals surface area contributed by atoms with Crippen molar-refractivity contribution < 1.29 is 19.5 Å². The molecular weight excluding hydrogens is 504 g/mol. The first-order valence-electron chi connectivity index (χ1n) is 14.2. The van der Waals surface area contributed by atoms with Crippen molar-refractivity contribution in [1.29, 1.82) is 0 Å². The smallest absolute Gasteiger partial charge is 0.251 e. The molecule has 1 spiro atoms. The molecule has 3 N–H and O–H groups in total. The van der Waals surface area contributed by atoms with Crippen LogP contribution < -0.4 is 10.6 Å². The Morgan fingerprint density at radius 2 is 1.76 bits per heavy atom. The van der Waals surface area contributed by atoms with Gasteiger partial charge in [0.2, 0.25) is 11.8 Å². The van der Waals surface area contributed by atoms with E-state index in [2.05, 4.69) is 22.5 Å². The normalized spacial score (nSPS) is 23.0. The quantitative estimate of drug-likeness (QED) is 0.411. The molecule has 212 valence electrons. The van der Waals surface area contributed by atoms with Gasteiger partial charge in [0.15, 0.2) is 0 Å². The number of nitrogens with one attached hydrogen (secondary N) is 2. The highest BCUT2D eigenvalue weighted by Crippen LogP contribution is 2.36. The van der Waals surface area contributed by atoms with Crippen LogP contribution in [0.1, 0.15) is 87.1 Å². The summed E-state index contributed by atoms with van der Waals surface area (Å²) in [6.45, 7) is 4.85. The summed E-state index contributed by atoms with van der Waals surface area (Å²) in [5, 5.41) is 16.8. The lowest BCUT2D eigenvalue weighted by Crippen LogP contribution is -2.75. The van der Waals surface area contributed by atoms with Crippen LogP contribution in [-0.2, 0) is 16.1 Å². The number of carbonyl (C=O) groups is 3. The number of carbonyl (C=O) groups excluding carboxylic acids is 3. The van der Waals surface area contributed by atoms with Crippen LogP contribution in [-0.4, -0.2) is 77.0 Å². The van der Waals surface area contributed by atoms with E-state index in [1.807, 2.05) is 29.2 Å². The molecule has 4 rings (SSSR count). The number of likely N-dealkylation sites (tertiary alicyclic amines) is 1. The van der Waals surface area contributed by atoms with Gasteiger partial charge in [-0.05, 0) is 55.7 Å². The lowest BCUT2D eigenvalue weighted by molar-refractivity contribution is -0.166. The van der Waals surface area contributed by atoms with Gasteiger partial charge in [-0.1, -0.05) is 51.2 Å². The van der Waals surface area contributed by atoms with E-state index in [0.717, 1.165) is 57.1 Å². The van der Waals surface area contributed by atoms with Crippen molar-refractivity contribution in [2.75, 3.05) is 26.7 Å². The zero-order chi connectivity index (χ0) is 26.4. The van der Waals surface area contributed by atoms with Crippen molar-refractivity contribution in [2.24, 2.45) is 5.92 Å². The van der Waals surface area contributed by atoms with Crippen LogP contribution in [0.4, 0.5) is 0 Å². The molecule has 3 aliphatic rings. The third-order valence-corrected chi connectivity index (χ3v) is 8.75. The van der Waals surface area contributed by atoms with Crippen molar-refractivity contribution in [1.82, 2.24) is 20.4 Å². The number of benzene rings is 1. The Balaban J connectivity index is 0.00000400. The summed E-state index contributed by atoms with van der Waals surface area (Å²) >= 11 is 0. The molecule has 8 nitrogen and oxygen atoms in total. The molecule has 1 aromatic carbocycles. The number of piperazine rings is 1. The van der Waals surface area contributed by atoms with Crippen molar-refractivity contribution in [3.63, 3.8) is 0 Å². The number of aliphatic hydroxyl groups is 1. The summed E-state index contributed by atoms with van der Waals surface area (Å²) in [5.74, 6) is -0.231. The molecule has 3 amide bonds. The predicted octanol–water partition coefficient (Wildman–Crippen LogP) is 3.26. The Kier molecular flexibility index (Phi) is 11.0. The van der Waals surface area contributed by atoms with E-state index in [1.165, 1.54) is 6.42 Å². The fraction of sp³-hybridized carbons (Fsp3) is 0.690. The highest BCUT2D eigenvalue weighted by Gasteiger charge is 2.55. The summed E-state index contributed by atoms with van der Waals surface area (Å²) in [6.07, 6.45) is 8.43. The van der Waals surface area contributed by atoms with Crippen molar-refractivity contribution in [3.05, 3.63) is 35.4 Å². The molecule has 0 radical (unpaired) electrons. The maximum Gasteiger partial charge on any atom is 0.251 e. The zero-order valence-corrected chi connectivity index (χ0v) is 23.7. The molecule has 1 aromatic rings. The number of rotatable bonds is 9. The maximum absolute atomic E-state index is 13.8. The molecule has 2 atom stereocenters. The second-order valence-corrected chi connectivity index (χ2v) is 11.1. The molecule has 1 saturated carbocycles. The molecule has 9 heteroatoms. The van der Waals surface area contributed by atoms with Gasteiger partial charge < -0.3 is 20.6 Å². The van der Waals surface area contributed by atoms with Gasteiger partial charge in [-0.15, -0.1) is 12.4 Å². The zero-order valence-electron chi connectivity index (χ0n) is 22.9. The van der Waals surface area contributed by atoms with E-state index in [4.69, 9.17) is 0 Å². The van der Waals surface area contributed by atoms with E-state index < -0.39 is 17.7 Å². The topological polar surface area (TPSA) is 102 Å². The maximum atomic E-state index is 13.8. The molecule has 0 unspecified atom stereocenters. The van der Waals surface area contributed by atoms with Gasteiger partial charge in [-0.2, -0.15) is 0 Å². The number of piperidine rings is 1. The summed E-state index contributed by atoms with van der Waals surface area (Å²) in [6, 6.07) is 6.78. The Morgan fingerprint density at radius 3 is 2.37 bits per heavy atom. The average molecular weight is 549 g/mol. The van der Waals surface area contributed by atoms with E-state index in [1.54, 1.807) is 7.05 Å². The van der Waals surface area contributed by atoms with Crippen LogP contribution in [0.3, 0.4) is 0 Å². The van der Waals surface area contributed by atoms with Gasteiger partial charge in [-0.25, -0.2) is 0 Å². The SMILES string of the molecule is CCCCCN1C(=O)[C@@H]([C@H](O)C2CCCCC2)NC(=O)C12CCN(Cc1ccc(C(=O)NC)cc1)CC2.Cl. The van der Waals surface area contributed by atoms with Gasteiger partial charge in [0, 0.05) is 38.8 Å². The minimum absolute atomic E-state index is 0. The monoisotopic (exact) mass is 548 g/mol. The molecule has 1 aliphatic carbocycles. The summed E-state index contributed by atoms with van der Waals surface area (Å²) < 4.78 is 0. The Morgan fingerprint density at radius 1 is 1.11 bits per heavy atom. The highest BCUT2D eigenvalue weighted by atomic mass is 35.5. The fourth-order valence-electron chi connectivity index (χ4n) is 6.40. The molecule has 2 aliphatic heterocycles. The first-order chi connectivity index (χ1) is 17.9. The lowest BCUT2D eigenvalue weighted by Gasteiger charge is -2.52. The number of halogens is 1. The van der Waals surface area contributed by atoms with Crippen LogP contribution in [0.5, 0.6) is 0 Å². The molecule has 0 aromatic heterocycles. The standard InChI is InChI=1S/C29H44N4O4.ClH/c1-3-4-8-17-33-27(36)24(25(34)22-9-6-5-7-10-22)31-28(37)29(33)15-18-32(19-16-29)20-21-11-13-23(14-12-21)26(35)30-2;/h11-14,22,24-25,34H,3-10,15-20H2,1-2H3,(H,30,35)(H,31,37);1H/t24-,25-;/m1./s1. The number of hydrogen-bond acceptors (Lipinski definition) is 5. The number of amides is 3. The minimum Gasteiger partial charge on any atom is -0.390 e. The minimum atomic E-state index is -0.840. The van der Waals surface area contributed by atoms with E-state index in [0.29, 0.717) is 38.0 Å². The Hall–Kier alpha value is -2.16. The largest absolute Gasteiger partial charge is 0.390 e. The second-order valence-electron chi connectivity index (χ2n) is 11.1. The Labute approximate surface area is 233 Å². The summed E-state index contributed by atoms with van der Waals surface area (Å²) in [7, 11) is 1.62. The van der Waals surface area contributed by atoms with Crippen molar-refractivity contribution >= 4 is 30.1 Å². The van der Waals surface area contributed by atoms with Gasteiger partial charge in [0.1, 0.15) is 11.6 Å².